The molecule has 2 aliphatic rings. The standard InChI is InChI=1S/C47H40O6/c1-32(48)51-38-26-18-35(19-27-38)47(43-12-6-4-10-41(43)42-11-5-7-13-44(42)47)36-20-28-40(29-21-36)53-45(49)52-39-24-16-34(17-25-39)46(30-8-3-9-31-46)33-14-22-37(50-2)23-15-33/h4-7,10-29H,3,8-9,30-31H2,1-2H3. The van der Waals surface area contributed by atoms with Crippen molar-refractivity contribution in [3.05, 3.63) is 179 Å². The lowest BCUT2D eigenvalue weighted by Gasteiger charge is -2.38. The van der Waals surface area contributed by atoms with Crippen molar-refractivity contribution < 1.29 is 28.5 Å². The van der Waals surface area contributed by atoms with Crippen LogP contribution in [0, 0.1) is 0 Å². The van der Waals surface area contributed by atoms with E-state index in [1.54, 1.807) is 19.2 Å². The Morgan fingerprint density at radius 2 is 0.868 bits per heavy atom. The van der Waals surface area contributed by atoms with Crippen LogP contribution in [0.5, 0.6) is 23.0 Å². The lowest BCUT2D eigenvalue weighted by molar-refractivity contribution is -0.131. The minimum absolute atomic E-state index is 0.0899. The second-order valence-electron chi connectivity index (χ2n) is 13.8. The van der Waals surface area contributed by atoms with Crippen LogP contribution >= 0.6 is 0 Å². The van der Waals surface area contributed by atoms with E-state index in [0.29, 0.717) is 17.2 Å². The number of carbonyl (C=O) groups is 2. The Hall–Kier alpha value is -6.14. The summed E-state index contributed by atoms with van der Waals surface area (Å²) in [6.45, 7) is 1.39. The molecule has 0 radical (unpaired) electrons. The van der Waals surface area contributed by atoms with Gasteiger partial charge in [0.05, 0.1) is 12.5 Å². The summed E-state index contributed by atoms with van der Waals surface area (Å²) < 4.78 is 22.1. The molecule has 6 aromatic rings. The van der Waals surface area contributed by atoms with Gasteiger partial charge in [0.25, 0.3) is 0 Å². The molecule has 0 spiro atoms. The second kappa shape index (κ2) is 14.1. The third kappa shape index (κ3) is 6.14. The molecule has 0 aromatic heterocycles. The smallest absolute Gasteiger partial charge is 0.497 e. The predicted molar refractivity (Wildman–Crippen MR) is 205 cm³/mol. The van der Waals surface area contributed by atoms with Gasteiger partial charge in [0.2, 0.25) is 0 Å². The first-order chi connectivity index (χ1) is 25.9. The predicted octanol–water partition coefficient (Wildman–Crippen LogP) is 10.8. The Morgan fingerprint density at radius 1 is 0.472 bits per heavy atom. The SMILES string of the molecule is COc1ccc(C2(c3ccc(OC(=O)Oc4ccc(C5(c6ccc(OC(C)=O)cc6)c6ccccc6-c6ccccc65)cc4)cc3)CCCCC2)cc1. The number of carbonyl (C=O) groups excluding carboxylic acids is 2. The maximum absolute atomic E-state index is 13.1. The zero-order valence-corrected chi connectivity index (χ0v) is 29.8. The Morgan fingerprint density at radius 3 is 1.30 bits per heavy atom. The molecule has 6 nitrogen and oxygen atoms in total. The fraction of sp³-hybridized carbons (Fsp3) is 0.191. The van der Waals surface area contributed by atoms with Gasteiger partial charge in [-0.05, 0) is 106 Å². The van der Waals surface area contributed by atoms with E-state index in [-0.39, 0.29) is 11.4 Å². The third-order valence-corrected chi connectivity index (χ3v) is 10.9. The summed E-state index contributed by atoms with van der Waals surface area (Å²) in [5, 5.41) is 0. The van der Waals surface area contributed by atoms with Gasteiger partial charge in [0, 0.05) is 12.3 Å². The summed E-state index contributed by atoms with van der Waals surface area (Å²) in [5.41, 5.74) is 8.34. The number of ether oxygens (including phenoxy) is 4. The summed E-state index contributed by atoms with van der Waals surface area (Å²) >= 11 is 0. The highest BCUT2D eigenvalue weighted by atomic mass is 16.7. The highest BCUT2D eigenvalue weighted by Crippen LogP contribution is 2.56. The first-order valence-electron chi connectivity index (χ1n) is 18.1. The molecule has 0 heterocycles. The Bertz CT molecular complexity index is 2200. The molecule has 0 aliphatic heterocycles. The van der Waals surface area contributed by atoms with Gasteiger partial charge in [0.15, 0.2) is 0 Å². The maximum Gasteiger partial charge on any atom is 0.519 e. The molecule has 0 N–H and O–H groups in total. The van der Waals surface area contributed by atoms with Crippen LogP contribution in [0.3, 0.4) is 0 Å². The summed E-state index contributed by atoms with van der Waals surface area (Å²) in [6, 6.07) is 48.4. The van der Waals surface area contributed by atoms with Crippen LogP contribution in [-0.4, -0.2) is 19.2 Å². The van der Waals surface area contributed by atoms with Crippen molar-refractivity contribution in [2.75, 3.05) is 7.11 Å². The fourth-order valence-corrected chi connectivity index (χ4v) is 8.60. The number of fused-ring (bicyclic) bond motifs is 3. The van der Waals surface area contributed by atoms with Crippen molar-refractivity contribution in [3.63, 3.8) is 0 Å². The van der Waals surface area contributed by atoms with Crippen LogP contribution in [0.4, 0.5) is 4.79 Å². The first kappa shape index (κ1) is 34.0. The molecular weight excluding hydrogens is 661 g/mol. The number of hydrogen-bond acceptors (Lipinski definition) is 6. The van der Waals surface area contributed by atoms with E-state index in [1.165, 1.54) is 24.5 Å². The molecular formula is C47H40O6. The number of benzene rings is 6. The van der Waals surface area contributed by atoms with E-state index in [1.807, 2.05) is 60.7 Å². The highest BCUT2D eigenvalue weighted by molar-refractivity contribution is 5.86. The monoisotopic (exact) mass is 700 g/mol. The van der Waals surface area contributed by atoms with E-state index in [4.69, 9.17) is 18.9 Å². The minimum atomic E-state index is -0.805. The molecule has 0 saturated heterocycles. The van der Waals surface area contributed by atoms with Gasteiger partial charge >= 0.3 is 12.1 Å². The molecule has 0 amide bonds. The van der Waals surface area contributed by atoms with Gasteiger partial charge in [-0.2, -0.15) is 0 Å². The average molecular weight is 701 g/mol. The third-order valence-electron chi connectivity index (χ3n) is 10.9. The fourth-order valence-electron chi connectivity index (χ4n) is 8.60. The van der Waals surface area contributed by atoms with E-state index in [0.717, 1.165) is 64.8 Å². The highest BCUT2D eigenvalue weighted by Gasteiger charge is 2.46. The average Bonchev–Trinajstić information content (AvgIpc) is 3.50. The van der Waals surface area contributed by atoms with Crippen LogP contribution in [-0.2, 0) is 15.6 Å². The molecule has 8 rings (SSSR count). The van der Waals surface area contributed by atoms with Crippen molar-refractivity contribution in [1.82, 2.24) is 0 Å². The van der Waals surface area contributed by atoms with Gasteiger partial charge < -0.3 is 18.9 Å². The maximum atomic E-state index is 13.1. The van der Waals surface area contributed by atoms with Gasteiger partial charge in [-0.25, -0.2) is 4.79 Å². The zero-order valence-electron chi connectivity index (χ0n) is 29.8. The lowest BCUT2D eigenvalue weighted by atomic mass is 9.65. The molecule has 53 heavy (non-hydrogen) atoms. The number of methoxy groups -OCH3 is 1. The quantitative estimate of drug-likeness (QED) is 0.0893. The number of hydrogen-bond donors (Lipinski definition) is 0. The van der Waals surface area contributed by atoms with Crippen LogP contribution in [0.25, 0.3) is 11.1 Å². The van der Waals surface area contributed by atoms with Crippen molar-refractivity contribution in [1.29, 1.82) is 0 Å². The first-order valence-corrected chi connectivity index (χ1v) is 18.1. The Balaban J connectivity index is 1.05. The molecule has 0 atom stereocenters. The van der Waals surface area contributed by atoms with E-state index >= 15 is 0 Å². The van der Waals surface area contributed by atoms with E-state index in [2.05, 4.69) is 72.8 Å². The topological polar surface area (TPSA) is 71.1 Å². The number of rotatable bonds is 8. The molecule has 1 fully saturated rings. The van der Waals surface area contributed by atoms with E-state index in [9.17, 15) is 9.59 Å². The summed E-state index contributed by atoms with van der Waals surface area (Å²) in [6.07, 6.45) is 4.89. The lowest BCUT2D eigenvalue weighted by Crippen LogP contribution is -2.30. The van der Waals surface area contributed by atoms with Gasteiger partial charge in [-0.3, -0.25) is 4.79 Å². The van der Waals surface area contributed by atoms with Crippen molar-refractivity contribution in [2.45, 2.75) is 49.9 Å². The Kier molecular flexibility index (Phi) is 9.05. The minimum Gasteiger partial charge on any atom is -0.497 e. The normalized spacial score (nSPS) is 15.1. The summed E-state index contributed by atoms with van der Waals surface area (Å²) in [5.74, 6) is 1.76. The van der Waals surface area contributed by atoms with Crippen LogP contribution < -0.4 is 18.9 Å². The molecule has 0 bridgehead atoms. The van der Waals surface area contributed by atoms with Crippen LogP contribution in [0.1, 0.15) is 72.4 Å². The zero-order chi connectivity index (χ0) is 36.4. The second-order valence-corrected chi connectivity index (χ2v) is 13.8. The largest absolute Gasteiger partial charge is 0.519 e. The van der Waals surface area contributed by atoms with Crippen molar-refractivity contribution in [3.8, 4) is 34.1 Å². The van der Waals surface area contributed by atoms with Crippen molar-refractivity contribution in [2.24, 2.45) is 0 Å². The summed E-state index contributed by atoms with van der Waals surface area (Å²) in [4.78, 5) is 24.7. The van der Waals surface area contributed by atoms with Gasteiger partial charge in [0.1, 0.15) is 23.0 Å². The number of esters is 1. The van der Waals surface area contributed by atoms with Gasteiger partial charge in [-0.15, -0.1) is 0 Å². The molecule has 6 aromatic carbocycles. The van der Waals surface area contributed by atoms with Crippen LogP contribution in [0.15, 0.2) is 146 Å². The summed E-state index contributed by atoms with van der Waals surface area (Å²) in [7, 11) is 1.69. The van der Waals surface area contributed by atoms with Crippen LogP contribution in [0.2, 0.25) is 0 Å². The Labute approximate surface area is 309 Å². The molecule has 6 heteroatoms. The molecule has 264 valence electrons. The molecule has 0 unspecified atom stereocenters. The van der Waals surface area contributed by atoms with Gasteiger partial charge in [-0.1, -0.05) is 116 Å². The van der Waals surface area contributed by atoms with E-state index < -0.39 is 11.6 Å². The molecule has 1 saturated carbocycles. The van der Waals surface area contributed by atoms with Crippen molar-refractivity contribution >= 4 is 12.1 Å². The molecule has 2 aliphatic carbocycles.